The van der Waals surface area contributed by atoms with Gasteiger partial charge >= 0.3 is 0 Å². The van der Waals surface area contributed by atoms with Gasteiger partial charge in [0.05, 0.1) is 0 Å². The lowest BCUT2D eigenvalue weighted by molar-refractivity contribution is 0.502. The average molecular weight is 165 g/mol. The van der Waals surface area contributed by atoms with Gasteiger partial charge in [0.1, 0.15) is 0 Å². The van der Waals surface area contributed by atoms with Crippen molar-refractivity contribution in [3.8, 4) is 0 Å². The first kappa shape index (κ1) is 11.2. The van der Waals surface area contributed by atoms with Crippen molar-refractivity contribution in [2.24, 2.45) is 10.4 Å². The molecule has 12 heavy (non-hydrogen) atoms. The molecule has 0 heterocycles. The molecule has 0 aromatic rings. The number of allylic oxidation sites excluding steroid dienone is 2. The molecule has 0 aliphatic carbocycles. The Kier molecular flexibility index (Phi) is 3.94. The van der Waals surface area contributed by atoms with E-state index in [9.17, 15) is 0 Å². The molecule has 0 unspecified atom stereocenters. The first-order chi connectivity index (χ1) is 5.38. The molecule has 1 nitrogen and oxygen atoms in total. The van der Waals surface area contributed by atoms with Crippen molar-refractivity contribution in [1.29, 1.82) is 0 Å². The van der Waals surface area contributed by atoms with Gasteiger partial charge < -0.3 is 0 Å². The SMILES string of the molecule is C=CC(C)=N/C=C(\C)C(C)(C)C. The van der Waals surface area contributed by atoms with Gasteiger partial charge in [-0.3, -0.25) is 4.99 Å². The first-order valence-corrected chi connectivity index (χ1v) is 4.22. The van der Waals surface area contributed by atoms with Gasteiger partial charge in [-0.2, -0.15) is 0 Å². The van der Waals surface area contributed by atoms with E-state index in [0.29, 0.717) is 0 Å². The summed E-state index contributed by atoms with van der Waals surface area (Å²) in [5.74, 6) is 0. The summed E-state index contributed by atoms with van der Waals surface area (Å²) in [4.78, 5) is 4.25. The highest BCUT2D eigenvalue weighted by Crippen LogP contribution is 2.23. The molecule has 0 bridgehead atoms. The van der Waals surface area contributed by atoms with Crippen LogP contribution in [0.5, 0.6) is 0 Å². The summed E-state index contributed by atoms with van der Waals surface area (Å²) in [5, 5.41) is 0. The minimum Gasteiger partial charge on any atom is -0.262 e. The van der Waals surface area contributed by atoms with Gasteiger partial charge in [0, 0.05) is 11.9 Å². The van der Waals surface area contributed by atoms with Crippen molar-refractivity contribution in [3.05, 3.63) is 24.4 Å². The highest BCUT2D eigenvalue weighted by molar-refractivity contribution is 5.92. The predicted molar refractivity (Wildman–Crippen MR) is 56.5 cm³/mol. The zero-order valence-electron chi connectivity index (χ0n) is 8.81. The van der Waals surface area contributed by atoms with Crippen LogP contribution in [0.25, 0.3) is 0 Å². The normalized spacial score (nSPS) is 14.8. The lowest BCUT2D eigenvalue weighted by Crippen LogP contribution is -2.05. The molecule has 0 spiro atoms. The van der Waals surface area contributed by atoms with Crippen LogP contribution < -0.4 is 0 Å². The van der Waals surface area contributed by atoms with E-state index in [-0.39, 0.29) is 5.41 Å². The second kappa shape index (κ2) is 4.24. The molecule has 0 aliphatic rings. The summed E-state index contributed by atoms with van der Waals surface area (Å²) in [5.41, 5.74) is 2.45. The fourth-order valence-electron chi connectivity index (χ4n) is 0.445. The molecule has 0 saturated carbocycles. The summed E-state index contributed by atoms with van der Waals surface area (Å²) in [6.45, 7) is 14.2. The van der Waals surface area contributed by atoms with E-state index in [4.69, 9.17) is 0 Å². The Morgan fingerprint density at radius 1 is 1.25 bits per heavy atom. The minimum atomic E-state index is 0.213. The monoisotopic (exact) mass is 165 g/mol. The third-order valence-corrected chi connectivity index (χ3v) is 1.94. The van der Waals surface area contributed by atoms with E-state index in [1.54, 1.807) is 6.08 Å². The van der Waals surface area contributed by atoms with Gasteiger partial charge in [0.15, 0.2) is 0 Å². The standard InChI is InChI=1S/C11H19N/c1-7-10(3)12-8-9(2)11(4,5)6/h7-8H,1H2,2-6H3/b9-8+,12-10?. The molecule has 0 amide bonds. The quantitative estimate of drug-likeness (QED) is 0.554. The molecule has 0 aliphatic heterocycles. The molecular formula is C11H19N. The Bertz CT molecular complexity index is 214. The van der Waals surface area contributed by atoms with Gasteiger partial charge in [-0.25, -0.2) is 0 Å². The van der Waals surface area contributed by atoms with Crippen molar-refractivity contribution in [1.82, 2.24) is 0 Å². The second-order valence-corrected chi connectivity index (χ2v) is 4.04. The topological polar surface area (TPSA) is 12.4 Å². The molecule has 1 heteroatoms. The van der Waals surface area contributed by atoms with Crippen molar-refractivity contribution < 1.29 is 0 Å². The third-order valence-electron chi connectivity index (χ3n) is 1.94. The van der Waals surface area contributed by atoms with Crippen molar-refractivity contribution in [3.63, 3.8) is 0 Å². The van der Waals surface area contributed by atoms with Crippen LogP contribution in [0.4, 0.5) is 0 Å². The summed E-state index contributed by atoms with van der Waals surface area (Å²) in [6, 6.07) is 0. The van der Waals surface area contributed by atoms with Crippen LogP contribution in [0.1, 0.15) is 34.6 Å². The molecular weight excluding hydrogens is 146 g/mol. The molecule has 0 fully saturated rings. The predicted octanol–water partition coefficient (Wildman–Crippen LogP) is 3.58. The van der Waals surface area contributed by atoms with Crippen molar-refractivity contribution in [2.45, 2.75) is 34.6 Å². The summed E-state index contributed by atoms with van der Waals surface area (Å²) >= 11 is 0. The van der Waals surface area contributed by atoms with Crippen LogP contribution in [0.3, 0.4) is 0 Å². The Labute approximate surface area is 75.9 Å². The van der Waals surface area contributed by atoms with Crippen LogP contribution >= 0.6 is 0 Å². The van der Waals surface area contributed by atoms with E-state index >= 15 is 0 Å². The Balaban J connectivity index is 4.49. The smallest absolute Gasteiger partial charge is 0.0366 e. The van der Waals surface area contributed by atoms with Gasteiger partial charge in [-0.1, -0.05) is 27.4 Å². The van der Waals surface area contributed by atoms with Crippen molar-refractivity contribution in [2.75, 3.05) is 0 Å². The molecule has 0 aromatic heterocycles. The molecule has 0 radical (unpaired) electrons. The lowest BCUT2D eigenvalue weighted by atomic mass is 9.88. The molecule has 68 valence electrons. The van der Waals surface area contributed by atoms with Crippen LogP contribution in [0.15, 0.2) is 29.4 Å². The first-order valence-electron chi connectivity index (χ1n) is 4.22. The van der Waals surface area contributed by atoms with E-state index in [1.807, 2.05) is 13.1 Å². The van der Waals surface area contributed by atoms with Crippen molar-refractivity contribution >= 4 is 5.71 Å². The number of hydrogen-bond donors (Lipinski definition) is 0. The lowest BCUT2D eigenvalue weighted by Gasteiger charge is -2.18. The minimum absolute atomic E-state index is 0.213. The Hall–Kier alpha value is -0.850. The van der Waals surface area contributed by atoms with Gasteiger partial charge in [-0.15, -0.1) is 0 Å². The zero-order valence-corrected chi connectivity index (χ0v) is 8.81. The number of nitrogens with zero attached hydrogens (tertiary/aromatic N) is 1. The fraction of sp³-hybridized carbons (Fsp3) is 0.545. The van der Waals surface area contributed by atoms with Crippen LogP contribution in [-0.2, 0) is 0 Å². The summed E-state index contributed by atoms with van der Waals surface area (Å²) in [7, 11) is 0. The van der Waals surface area contributed by atoms with Gasteiger partial charge in [0.25, 0.3) is 0 Å². The van der Waals surface area contributed by atoms with Crippen LogP contribution in [-0.4, -0.2) is 5.71 Å². The highest BCUT2D eigenvalue weighted by atomic mass is 14.7. The van der Waals surface area contributed by atoms with Crippen LogP contribution in [0.2, 0.25) is 0 Å². The highest BCUT2D eigenvalue weighted by Gasteiger charge is 2.11. The Morgan fingerprint density at radius 3 is 2.08 bits per heavy atom. The number of aliphatic imine (C=N–C) groups is 1. The zero-order chi connectivity index (χ0) is 9.78. The molecule has 0 N–H and O–H groups in total. The Morgan fingerprint density at radius 2 is 1.75 bits per heavy atom. The number of rotatable bonds is 2. The maximum atomic E-state index is 4.25. The van der Waals surface area contributed by atoms with Crippen LogP contribution in [0, 0.1) is 5.41 Å². The average Bonchev–Trinajstić information content (AvgIpc) is 1.97. The summed E-state index contributed by atoms with van der Waals surface area (Å²) in [6.07, 6.45) is 3.67. The maximum Gasteiger partial charge on any atom is 0.0366 e. The summed E-state index contributed by atoms with van der Waals surface area (Å²) < 4.78 is 0. The third kappa shape index (κ3) is 4.12. The maximum absolute atomic E-state index is 4.25. The molecule has 0 atom stereocenters. The fourth-order valence-corrected chi connectivity index (χ4v) is 0.445. The second-order valence-electron chi connectivity index (χ2n) is 4.04. The van der Waals surface area contributed by atoms with Gasteiger partial charge in [-0.05, 0) is 30.9 Å². The van der Waals surface area contributed by atoms with E-state index in [2.05, 4.69) is 39.3 Å². The molecule has 0 saturated heterocycles. The number of hydrogen-bond acceptors (Lipinski definition) is 1. The van der Waals surface area contributed by atoms with Gasteiger partial charge in [0.2, 0.25) is 0 Å². The van der Waals surface area contributed by atoms with E-state index < -0.39 is 0 Å². The van der Waals surface area contributed by atoms with E-state index in [0.717, 1.165) is 5.71 Å². The molecule has 0 rings (SSSR count). The van der Waals surface area contributed by atoms with E-state index in [1.165, 1.54) is 5.57 Å². The largest absolute Gasteiger partial charge is 0.262 e. The molecule has 0 aromatic carbocycles.